The molecule has 1 N–H and O–H groups in total. The number of hydrogen-bond acceptors (Lipinski definition) is 3. The van der Waals surface area contributed by atoms with Gasteiger partial charge >= 0.3 is 0 Å². The number of anilines is 1. The third kappa shape index (κ3) is 3.26. The number of carbonyl (C=O) groups is 1. The molecule has 1 amide bonds. The molecule has 0 fully saturated rings. The quantitative estimate of drug-likeness (QED) is 0.543. The van der Waals surface area contributed by atoms with Gasteiger partial charge in [-0.2, -0.15) is 0 Å². The average molecular weight is 345 g/mol. The second kappa shape index (κ2) is 6.92. The van der Waals surface area contributed by atoms with Crippen LogP contribution in [-0.4, -0.2) is 13.0 Å². The van der Waals surface area contributed by atoms with Crippen LogP contribution >= 0.6 is 0 Å². The van der Waals surface area contributed by atoms with Gasteiger partial charge in [0.2, 0.25) is 5.91 Å². The molecule has 0 bridgehead atoms. The fraction of sp³-hybridized carbons (Fsp3) is 0.136. The molecule has 4 rings (SSSR count). The van der Waals surface area contributed by atoms with Gasteiger partial charge < -0.3 is 14.5 Å². The van der Waals surface area contributed by atoms with Gasteiger partial charge in [-0.25, -0.2) is 0 Å². The van der Waals surface area contributed by atoms with Gasteiger partial charge in [-0.05, 0) is 48.4 Å². The number of nitrogens with one attached hydrogen (secondary N) is 1. The summed E-state index contributed by atoms with van der Waals surface area (Å²) in [7, 11) is 1.64. The molecule has 0 saturated heterocycles. The number of amides is 1. The summed E-state index contributed by atoms with van der Waals surface area (Å²) in [6.07, 6.45) is 1.11. The van der Waals surface area contributed by atoms with Crippen molar-refractivity contribution in [2.24, 2.45) is 0 Å². The van der Waals surface area contributed by atoms with Crippen LogP contribution in [0.2, 0.25) is 0 Å². The number of hydrogen-bond donors (Lipinski definition) is 1. The van der Waals surface area contributed by atoms with Crippen molar-refractivity contribution >= 4 is 33.5 Å². The number of aryl methyl sites for hydroxylation is 1. The summed E-state index contributed by atoms with van der Waals surface area (Å²) in [6, 6.07) is 21.4. The van der Waals surface area contributed by atoms with Crippen molar-refractivity contribution in [3.05, 3.63) is 72.3 Å². The number of benzene rings is 3. The van der Waals surface area contributed by atoms with E-state index in [0.29, 0.717) is 12.8 Å². The van der Waals surface area contributed by atoms with Crippen LogP contribution in [0.5, 0.6) is 5.75 Å². The molecule has 130 valence electrons. The molecule has 1 heterocycles. The highest BCUT2D eigenvalue weighted by Crippen LogP contribution is 2.30. The van der Waals surface area contributed by atoms with Gasteiger partial charge in [-0.1, -0.05) is 30.3 Å². The Morgan fingerprint density at radius 1 is 0.962 bits per heavy atom. The third-order valence-corrected chi connectivity index (χ3v) is 4.46. The smallest absolute Gasteiger partial charge is 0.224 e. The number of furan rings is 1. The molecule has 0 spiro atoms. The normalized spacial score (nSPS) is 11.0. The third-order valence-electron chi connectivity index (χ3n) is 4.46. The highest BCUT2D eigenvalue weighted by atomic mass is 16.5. The largest absolute Gasteiger partial charge is 0.497 e. The van der Waals surface area contributed by atoms with Crippen LogP contribution in [-0.2, 0) is 11.2 Å². The van der Waals surface area contributed by atoms with E-state index >= 15 is 0 Å². The highest BCUT2D eigenvalue weighted by Gasteiger charge is 2.09. The Bertz CT molecular complexity index is 1060. The average Bonchev–Trinajstić information content (AvgIpc) is 3.05. The molecule has 0 unspecified atom stereocenters. The molecule has 26 heavy (non-hydrogen) atoms. The Morgan fingerprint density at radius 3 is 2.54 bits per heavy atom. The van der Waals surface area contributed by atoms with E-state index in [1.807, 2.05) is 66.7 Å². The fourth-order valence-corrected chi connectivity index (χ4v) is 3.08. The van der Waals surface area contributed by atoms with Crippen molar-refractivity contribution in [2.75, 3.05) is 12.4 Å². The summed E-state index contributed by atoms with van der Waals surface area (Å²) in [5, 5.41) is 5.04. The Kier molecular flexibility index (Phi) is 4.32. The molecule has 0 aliphatic carbocycles. The van der Waals surface area contributed by atoms with Crippen molar-refractivity contribution in [1.29, 1.82) is 0 Å². The minimum absolute atomic E-state index is 0.00651. The van der Waals surface area contributed by atoms with Gasteiger partial charge in [0.1, 0.15) is 16.9 Å². The lowest BCUT2D eigenvalue weighted by atomic mass is 10.1. The molecule has 0 radical (unpaired) electrons. The predicted octanol–water partition coefficient (Wildman–Crippen LogP) is 5.17. The summed E-state index contributed by atoms with van der Waals surface area (Å²) in [4.78, 5) is 12.3. The summed E-state index contributed by atoms with van der Waals surface area (Å²) in [5.41, 5.74) is 3.56. The summed E-state index contributed by atoms with van der Waals surface area (Å²) in [5.74, 6) is 0.812. The lowest BCUT2D eigenvalue weighted by Gasteiger charge is -2.06. The molecular formula is C22H19NO3. The van der Waals surface area contributed by atoms with Gasteiger partial charge in [0.05, 0.1) is 7.11 Å². The number of para-hydroxylation sites is 1. The predicted molar refractivity (Wildman–Crippen MR) is 104 cm³/mol. The maximum absolute atomic E-state index is 12.3. The number of methoxy groups -OCH3 is 1. The van der Waals surface area contributed by atoms with Crippen molar-refractivity contribution in [3.63, 3.8) is 0 Å². The second-order valence-electron chi connectivity index (χ2n) is 6.21. The molecule has 3 aromatic carbocycles. The van der Waals surface area contributed by atoms with Crippen LogP contribution in [0.15, 0.2) is 71.1 Å². The van der Waals surface area contributed by atoms with E-state index in [4.69, 9.17) is 9.15 Å². The molecule has 0 aliphatic heterocycles. The summed E-state index contributed by atoms with van der Waals surface area (Å²) < 4.78 is 11.0. The van der Waals surface area contributed by atoms with E-state index < -0.39 is 0 Å². The first-order valence-electron chi connectivity index (χ1n) is 8.57. The maximum Gasteiger partial charge on any atom is 0.224 e. The first-order valence-corrected chi connectivity index (χ1v) is 8.57. The van der Waals surface area contributed by atoms with Crippen molar-refractivity contribution in [2.45, 2.75) is 12.8 Å². The van der Waals surface area contributed by atoms with Gasteiger partial charge in [-0.15, -0.1) is 0 Å². The zero-order valence-corrected chi connectivity index (χ0v) is 14.5. The molecule has 1 aromatic heterocycles. The van der Waals surface area contributed by atoms with Gasteiger partial charge in [-0.3, -0.25) is 4.79 Å². The zero-order chi connectivity index (χ0) is 17.9. The first kappa shape index (κ1) is 16.2. The summed E-state index contributed by atoms with van der Waals surface area (Å²) in [6.45, 7) is 0. The molecule has 0 atom stereocenters. The number of carbonyl (C=O) groups excluding carboxylic acids is 1. The number of ether oxygens (including phenoxy) is 1. The van der Waals surface area contributed by atoms with E-state index in [1.165, 1.54) is 0 Å². The standard InChI is InChI=1S/C22H19NO3/c1-25-17-10-6-15(7-11-17)8-13-22(24)23-16-9-12-21-19(14-16)18-4-2-3-5-20(18)26-21/h2-7,9-12,14H,8,13H2,1H3,(H,23,24). The van der Waals surface area contributed by atoms with Crippen LogP contribution in [0.1, 0.15) is 12.0 Å². The lowest BCUT2D eigenvalue weighted by molar-refractivity contribution is -0.116. The Labute approximate surface area is 151 Å². The first-order chi connectivity index (χ1) is 12.7. The van der Waals surface area contributed by atoms with Gasteiger partial charge in [0.25, 0.3) is 0 Å². The molecule has 4 nitrogen and oxygen atoms in total. The van der Waals surface area contributed by atoms with E-state index in [2.05, 4.69) is 5.32 Å². The maximum atomic E-state index is 12.3. The SMILES string of the molecule is COc1ccc(CCC(=O)Nc2ccc3oc4ccccc4c3c2)cc1. The zero-order valence-electron chi connectivity index (χ0n) is 14.5. The van der Waals surface area contributed by atoms with Gasteiger partial charge in [0.15, 0.2) is 0 Å². The minimum atomic E-state index is -0.00651. The fourth-order valence-electron chi connectivity index (χ4n) is 3.08. The number of rotatable bonds is 5. The number of fused-ring (bicyclic) bond motifs is 3. The van der Waals surface area contributed by atoms with E-state index in [0.717, 1.165) is 38.9 Å². The molecule has 4 heteroatoms. The van der Waals surface area contributed by atoms with E-state index in [1.54, 1.807) is 7.11 Å². The molecule has 0 aliphatic rings. The van der Waals surface area contributed by atoms with Gasteiger partial charge in [0, 0.05) is 22.9 Å². The van der Waals surface area contributed by atoms with Crippen LogP contribution < -0.4 is 10.1 Å². The lowest BCUT2D eigenvalue weighted by Crippen LogP contribution is -2.12. The second-order valence-corrected chi connectivity index (χ2v) is 6.21. The Hall–Kier alpha value is -3.27. The van der Waals surface area contributed by atoms with Crippen molar-refractivity contribution in [3.8, 4) is 5.75 Å². The van der Waals surface area contributed by atoms with Crippen LogP contribution in [0.25, 0.3) is 21.9 Å². The van der Waals surface area contributed by atoms with Crippen LogP contribution in [0.4, 0.5) is 5.69 Å². The van der Waals surface area contributed by atoms with Crippen molar-refractivity contribution < 1.29 is 13.9 Å². The Balaban J connectivity index is 1.45. The van der Waals surface area contributed by atoms with Crippen molar-refractivity contribution in [1.82, 2.24) is 0 Å². The molecular weight excluding hydrogens is 326 g/mol. The van der Waals surface area contributed by atoms with E-state index in [9.17, 15) is 4.79 Å². The Morgan fingerprint density at radius 2 is 1.73 bits per heavy atom. The highest BCUT2D eigenvalue weighted by molar-refractivity contribution is 6.06. The van der Waals surface area contributed by atoms with Crippen LogP contribution in [0.3, 0.4) is 0 Å². The molecule has 4 aromatic rings. The van der Waals surface area contributed by atoms with E-state index in [-0.39, 0.29) is 5.91 Å². The molecule has 0 saturated carbocycles. The van der Waals surface area contributed by atoms with Crippen LogP contribution in [0, 0.1) is 0 Å². The summed E-state index contributed by atoms with van der Waals surface area (Å²) >= 11 is 0. The minimum Gasteiger partial charge on any atom is -0.497 e. The topological polar surface area (TPSA) is 51.5 Å². The monoisotopic (exact) mass is 345 g/mol.